The molecule has 0 atom stereocenters. The molecule has 0 radical (unpaired) electrons. The van der Waals surface area contributed by atoms with Crippen LogP contribution in [-0.2, 0) is 17.8 Å². The molecular formula is C24H27N5O3. The number of nitrogens with zero attached hydrogens (tertiary/aromatic N) is 4. The maximum Gasteiger partial charge on any atom is 0.195 e. The second-order valence-corrected chi connectivity index (χ2v) is 7.47. The number of ketones is 1. The minimum absolute atomic E-state index is 0.118. The van der Waals surface area contributed by atoms with Crippen molar-refractivity contribution in [3.05, 3.63) is 65.0 Å². The number of carbonyl (C=O) groups is 1. The highest BCUT2D eigenvalue weighted by Crippen LogP contribution is 2.26. The number of rotatable bonds is 11. The Bertz CT molecular complexity index is 1080. The number of terminal acetylenes is 1. The van der Waals surface area contributed by atoms with Gasteiger partial charge in [-0.3, -0.25) is 4.79 Å². The third kappa shape index (κ3) is 5.71. The lowest BCUT2D eigenvalue weighted by molar-refractivity contribution is 0.103. The Labute approximate surface area is 187 Å². The zero-order valence-corrected chi connectivity index (χ0v) is 18.5. The Morgan fingerprint density at radius 2 is 2.00 bits per heavy atom. The summed E-state index contributed by atoms with van der Waals surface area (Å²) in [5, 5.41) is 15.0. The predicted octanol–water partition coefficient (Wildman–Crippen LogP) is 3.30. The molecule has 0 aliphatic heterocycles. The zero-order chi connectivity index (χ0) is 22.9. The summed E-state index contributed by atoms with van der Waals surface area (Å²) in [5.41, 5.74) is 2.90. The van der Waals surface area contributed by atoms with Crippen molar-refractivity contribution in [3.8, 4) is 18.1 Å². The molecule has 0 aliphatic carbocycles. The third-order valence-corrected chi connectivity index (χ3v) is 4.95. The Morgan fingerprint density at radius 1 is 1.22 bits per heavy atom. The number of aromatic nitrogens is 4. The van der Waals surface area contributed by atoms with Gasteiger partial charge in [0.1, 0.15) is 12.4 Å². The number of nitrogens with one attached hydrogen (secondary N) is 1. The number of hydrogen-bond donors (Lipinski definition) is 1. The number of benzene rings is 2. The summed E-state index contributed by atoms with van der Waals surface area (Å²) >= 11 is 0. The first kappa shape index (κ1) is 23.0. The second kappa shape index (κ2) is 11.1. The van der Waals surface area contributed by atoms with E-state index in [4.69, 9.17) is 15.9 Å². The van der Waals surface area contributed by atoms with Crippen molar-refractivity contribution in [1.82, 2.24) is 20.2 Å². The maximum absolute atomic E-state index is 13.3. The number of carbonyl (C=O) groups excluding carboxylic acids is 1. The highest BCUT2D eigenvalue weighted by atomic mass is 16.5. The first-order valence-electron chi connectivity index (χ1n) is 10.4. The Morgan fingerprint density at radius 3 is 2.69 bits per heavy atom. The van der Waals surface area contributed by atoms with Gasteiger partial charge in [-0.1, -0.05) is 44.0 Å². The van der Waals surface area contributed by atoms with Crippen LogP contribution in [0.4, 0.5) is 5.69 Å². The summed E-state index contributed by atoms with van der Waals surface area (Å²) in [6, 6.07) is 12.9. The largest absolute Gasteiger partial charge is 0.481 e. The van der Waals surface area contributed by atoms with E-state index in [1.807, 2.05) is 24.3 Å². The van der Waals surface area contributed by atoms with Crippen LogP contribution in [0.15, 0.2) is 42.5 Å². The van der Waals surface area contributed by atoms with Crippen LogP contribution in [0.25, 0.3) is 0 Å². The van der Waals surface area contributed by atoms with Gasteiger partial charge in [-0.15, -0.1) is 11.5 Å². The topological polar surface area (TPSA) is 91.2 Å². The molecule has 3 rings (SSSR count). The van der Waals surface area contributed by atoms with E-state index in [-0.39, 0.29) is 12.4 Å². The normalized spacial score (nSPS) is 10.7. The molecule has 1 N–H and O–H groups in total. The van der Waals surface area contributed by atoms with Gasteiger partial charge in [0.15, 0.2) is 11.6 Å². The molecule has 2 aromatic carbocycles. The highest BCUT2D eigenvalue weighted by molar-refractivity contribution is 6.12. The summed E-state index contributed by atoms with van der Waals surface area (Å²) in [6.45, 7) is 5.73. The second-order valence-electron chi connectivity index (χ2n) is 7.47. The van der Waals surface area contributed by atoms with E-state index in [2.05, 4.69) is 40.6 Å². The van der Waals surface area contributed by atoms with Gasteiger partial charge in [0.25, 0.3) is 0 Å². The van der Waals surface area contributed by atoms with E-state index in [1.54, 1.807) is 30.0 Å². The standard InChI is InChI=1S/C24H27N5O3/c1-5-13-32-20-10-11-22(25-16-23-26-27-28-29(23)12-14-31-4)21(15-20)24(30)19-8-6-18(7-9-19)17(2)3/h1,6-11,15,17,25H,12-14,16H2,2-4H3. The van der Waals surface area contributed by atoms with Gasteiger partial charge < -0.3 is 14.8 Å². The summed E-state index contributed by atoms with van der Waals surface area (Å²) in [6.07, 6.45) is 5.30. The van der Waals surface area contributed by atoms with Gasteiger partial charge >= 0.3 is 0 Å². The molecule has 166 valence electrons. The van der Waals surface area contributed by atoms with Crippen molar-refractivity contribution in [2.75, 3.05) is 25.6 Å². The Hall–Kier alpha value is -3.70. The van der Waals surface area contributed by atoms with Crippen molar-refractivity contribution < 1.29 is 14.3 Å². The molecule has 0 bridgehead atoms. The quantitative estimate of drug-likeness (QED) is 0.366. The minimum Gasteiger partial charge on any atom is -0.481 e. The van der Waals surface area contributed by atoms with E-state index in [9.17, 15) is 4.79 Å². The van der Waals surface area contributed by atoms with E-state index >= 15 is 0 Å². The summed E-state index contributed by atoms with van der Waals surface area (Å²) in [5.74, 6) is 3.87. The lowest BCUT2D eigenvalue weighted by atomic mass is 9.97. The summed E-state index contributed by atoms with van der Waals surface area (Å²) in [4.78, 5) is 13.3. The molecule has 0 saturated heterocycles. The Balaban J connectivity index is 1.86. The van der Waals surface area contributed by atoms with Crippen LogP contribution >= 0.6 is 0 Å². The number of tetrazole rings is 1. The van der Waals surface area contributed by atoms with Crippen LogP contribution in [0.1, 0.15) is 47.1 Å². The average Bonchev–Trinajstić information content (AvgIpc) is 3.27. The van der Waals surface area contributed by atoms with Crippen LogP contribution in [0.5, 0.6) is 5.75 Å². The van der Waals surface area contributed by atoms with Gasteiger partial charge in [0, 0.05) is 23.9 Å². The van der Waals surface area contributed by atoms with E-state index < -0.39 is 0 Å². The van der Waals surface area contributed by atoms with Crippen molar-refractivity contribution in [1.29, 1.82) is 0 Å². The van der Waals surface area contributed by atoms with E-state index in [0.29, 0.717) is 54.0 Å². The molecule has 0 spiro atoms. The van der Waals surface area contributed by atoms with Crippen LogP contribution in [0, 0.1) is 12.3 Å². The number of ether oxygens (including phenoxy) is 2. The van der Waals surface area contributed by atoms with Crippen LogP contribution in [0.2, 0.25) is 0 Å². The lowest BCUT2D eigenvalue weighted by Crippen LogP contribution is -2.14. The minimum atomic E-state index is -0.118. The number of hydrogen-bond acceptors (Lipinski definition) is 7. The summed E-state index contributed by atoms with van der Waals surface area (Å²) in [7, 11) is 1.62. The molecule has 32 heavy (non-hydrogen) atoms. The molecule has 1 aromatic heterocycles. The monoisotopic (exact) mass is 433 g/mol. The average molecular weight is 434 g/mol. The number of anilines is 1. The molecule has 0 unspecified atom stereocenters. The van der Waals surface area contributed by atoms with Gasteiger partial charge in [0.05, 0.1) is 19.7 Å². The fraction of sp³-hybridized carbons (Fsp3) is 0.333. The van der Waals surface area contributed by atoms with E-state index in [1.165, 1.54) is 5.56 Å². The molecule has 1 heterocycles. The first-order valence-corrected chi connectivity index (χ1v) is 10.4. The first-order chi connectivity index (χ1) is 15.5. The molecule has 0 amide bonds. The van der Waals surface area contributed by atoms with Crippen LogP contribution < -0.4 is 10.1 Å². The fourth-order valence-electron chi connectivity index (χ4n) is 3.13. The van der Waals surface area contributed by atoms with E-state index in [0.717, 1.165) is 0 Å². The molecule has 8 nitrogen and oxygen atoms in total. The SMILES string of the molecule is C#CCOc1ccc(NCc2nnnn2CCOC)c(C(=O)c2ccc(C(C)C)cc2)c1. The molecule has 3 aromatic rings. The maximum atomic E-state index is 13.3. The molecule has 0 saturated carbocycles. The van der Waals surface area contributed by atoms with Crippen molar-refractivity contribution in [2.45, 2.75) is 32.9 Å². The van der Waals surface area contributed by atoms with Crippen molar-refractivity contribution in [3.63, 3.8) is 0 Å². The fourth-order valence-corrected chi connectivity index (χ4v) is 3.13. The lowest BCUT2D eigenvalue weighted by Gasteiger charge is -2.14. The Kier molecular flexibility index (Phi) is 7.95. The van der Waals surface area contributed by atoms with Crippen LogP contribution in [0.3, 0.4) is 0 Å². The predicted molar refractivity (Wildman–Crippen MR) is 122 cm³/mol. The molecule has 0 aliphatic rings. The molecule has 0 fully saturated rings. The molecular weight excluding hydrogens is 406 g/mol. The van der Waals surface area contributed by atoms with Gasteiger partial charge in [0.2, 0.25) is 0 Å². The van der Waals surface area contributed by atoms with Crippen molar-refractivity contribution >= 4 is 11.5 Å². The van der Waals surface area contributed by atoms with Gasteiger partial charge in [-0.05, 0) is 40.1 Å². The summed E-state index contributed by atoms with van der Waals surface area (Å²) < 4.78 is 12.3. The number of methoxy groups -OCH3 is 1. The van der Waals surface area contributed by atoms with Gasteiger partial charge in [-0.25, -0.2) is 4.68 Å². The van der Waals surface area contributed by atoms with Crippen molar-refractivity contribution in [2.24, 2.45) is 0 Å². The third-order valence-electron chi connectivity index (χ3n) is 4.95. The smallest absolute Gasteiger partial charge is 0.195 e. The molecule has 8 heteroatoms. The van der Waals surface area contributed by atoms with Gasteiger partial charge in [-0.2, -0.15) is 0 Å². The highest BCUT2D eigenvalue weighted by Gasteiger charge is 2.17. The zero-order valence-electron chi connectivity index (χ0n) is 18.5. The van der Waals surface area contributed by atoms with Crippen LogP contribution in [-0.4, -0.2) is 46.3 Å².